The van der Waals surface area contributed by atoms with Crippen LogP contribution in [0.1, 0.15) is 31.9 Å². The second-order valence-corrected chi connectivity index (χ2v) is 5.54. The average molecular weight is 272 g/mol. The molecule has 92 valence electrons. The quantitative estimate of drug-likeness (QED) is 0.890. The third kappa shape index (κ3) is 2.93. The minimum atomic E-state index is -0.0370. The van der Waals surface area contributed by atoms with Crippen molar-refractivity contribution < 1.29 is 4.79 Å². The van der Waals surface area contributed by atoms with E-state index in [1.165, 1.54) is 0 Å². The van der Waals surface area contributed by atoms with Gasteiger partial charge in [0.15, 0.2) is 0 Å². The van der Waals surface area contributed by atoms with Gasteiger partial charge in [-0.1, -0.05) is 36.2 Å². The molecule has 0 bridgehead atoms. The van der Waals surface area contributed by atoms with Gasteiger partial charge in [-0.25, -0.2) is 0 Å². The molecule has 1 aliphatic rings. The molecule has 1 aromatic rings. The number of carbonyl (C=O) groups excluding carboxylic acids is 1. The number of nitrogens with one attached hydrogen (secondary N) is 1. The average Bonchev–Trinajstić information content (AvgIpc) is 2.99. The largest absolute Gasteiger partial charge is 0.349 e. The number of rotatable bonds is 3. The van der Waals surface area contributed by atoms with Crippen molar-refractivity contribution in [2.75, 3.05) is 0 Å². The topological polar surface area (TPSA) is 29.1 Å². The maximum atomic E-state index is 11.8. The Labute approximate surface area is 111 Å². The zero-order valence-electron chi connectivity index (χ0n) is 9.84. The summed E-state index contributed by atoms with van der Waals surface area (Å²) in [6, 6.07) is 5.40. The molecule has 3 atom stereocenters. The SMILES string of the molecule is C[C@H](NC(=O)[C@@H]1C[C@@H]1C)c1ccc(Cl)c(Cl)c1. The molecule has 0 heterocycles. The molecule has 4 heteroatoms. The molecule has 2 rings (SSSR count). The fraction of sp³-hybridized carbons (Fsp3) is 0.462. The van der Waals surface area contributed by atoms with Crippen LogP contribution in [-0.2, 0) is 4.79 Å². The van der Waals surface area contributed by atoms with E-state index in [4.69, 9.17) is 23.2 Å². The minimum Gasteiger partial charge on any atom is -0.349 e. The molecular formula is C13H15Cl2NO. The van der Waals surface area contributed by atoms with Crippen molar-refractivity contribution in [3.63, 3.8) is 0 Å². The monoisotopic (exact) mass is 271 g/mol. The molecule has 0 unspecified atom stereocenters. The van der Waals surface area contributed by atoms with E-state index in [0.717, 1.165) is 12.0 Å². The van der Waals surface area contributed by atoms with Crippen molar-refractivity contribution >= 4 is 29.1 Å². The lowest BCUT2D eigenvalue weighted by molar-refractivity contribution is -0.123. The van der Waals surface area contributed by atoms with E-state index in [-0.39, 0.29) is 17.9 Å². The fourth-order valence-electron chi connectivity index (χ4n) is 1.87. The number of carbonyl (C=O) groups is 1. The molecule has 1 N–H and O–H groups in total. The van der Waals surface area contributed by atoms with Gasteiger partial charge >= 0.3 is 0 Å². The summed E-state index contributed by atoms with van der Waals surface area (Å²) in [5, 5.41) is 4.05. The highest BCUT2D eigenvalue weighted by atomic mass is 35.5. The van der Waals surface area contributed by atoms with Crippen molar-refractivity contribution in [3.05, 3.63) is 33.8 Å². The number of amides is 1. The lowest BCUT2D eigenvalue weighted by atomic mass is 10.1. The van der Waals surface area contributed by atoms with Gasteiger partial charge < -0.3 is 5.32 Å². The predicted molar refractivity (Wildman–Crippen MR) is 70.3 cm³/mol. The molecule has 0 aliphatic heterocycles. The fourth-order valence-corrected chi connectivity index (χ4v) is 2.18. The molecule has 2 nitrogen and oxygen atoms in total. The Hall–Kier alpha value is -0.730. The second-order valence-electron chi connectivity index (χ2n) is 4.72. The van der Waals surface area contributed by atoms with E-state index >= 15 is 0 Å². The Bertz CT molecular complexity index is 447. The Balaban J connectivity index is 2.01. The molecule has 0 aromatic heterocycles. The standard InChI is InChI=1S/C13H15Cl2NO/c1-7-5-10(7)13(17)16-8(2)9-3-4-11(14)12(15)6-9/h3-4,6-8,10H,5H2,1-2H3,(H,16,17)/t7-,8-,10+/m0/s1. The highest BCUT2D eigenvalue weighted by Gasteiger charge is 2.39. The molecule has 0 radical (unpaired) electrons. The summed E-state index contributed by atoms with van der Waals surface area (Å²) < 4.78 is 0. The molecule has 1 fully saturated rings. The smallest absolute Gasteiger partial charge is 0.223 e. The minimum absolute atomic E-state index is 0.0370. The molecule has 1 aliphatic carbocycles. The molecule has 1 saturated carbocycles. The summed E-state index contributed by atoms with van der Waals surface area (Å²) in [5.41, 5.74) is 0.973. The van der Waals surface area contributed by atoms with Crippen molar-refractivity contribution in [3.8, 4) is 0 Å². The maximum Gasteiger partial charge on any atom is 0.223 e. The number of benzene rings is 1. The number of hydrogen-bond donors (Lipinski definition) is 1. The van der Waals surface area contributed by atoms with Gasteiger partial charge in [0.1, 0.15) is 0 Å². The third-order valence-electron chi connectivity index (χ3n) is 3.25. The normalized spacial score (nSPS) is 24.2. The lowest BCUT2D eigenvalue weighted by Crippen LogP contribution is -2.28. The van der Waals surface area contributed by atoms with Crippen LogP contribution in [0.15, 0.2) is 18.2 Å². The van der Waals surface area contributed by atoms with Crippen molar-refractivity contribution in [1.29, 1.82) is 0 Å². The van der Waals surface area contributed by atoms with E-state index in [1.807, 2.05) is 13.0 Å². The van der Waals surface area contributed by atoms with Gasteiger partial charge in [-0.3, -0.25) is 4.79 Å². The van der Waals surface area contributed by atoms with Crippen molar-refractivity contribution in [1.82, 2.24) is 5.32 Å². The van der Waals surface area contributed by atoms with E-state index < -0.39 is 0 Å². The van der Waals surface area contributed by atoms with Crippen LogP contribution in [0.4, 0.5) is 0 Å². The maximum absolute atomic E-state index is 11.8. The first-order chi connectivity index (χ1) is 7.99. The molecule has 1 amide bonds. The summed E-state index contributed by atoms with van der Waals surface area (Å²) in [7, 11) is 0. The van der Waals surface area contributed by atoms with Gasteiger partial charge in [0.05, 0.1) is 16.1 Å². The van der Waals surface area contributed by atoms with Crippen molar-refractivity contribution in [2.24, 2.45) is 11.8 Å². The summed E-state index contributed by atoms with van der Waals surface area (Å²) in [4.78, 5) is 11.8. The Morgan fingerprint density at radius 2 is 2.06 bits per heavy atom. The summed E-state index contributed by atoms with van der Waals surface area (Å²) >= 11 is 11.8. The van der Waals surface area contributed by atoms with Gasteiger partial charge in [0.2, 0.25) is 5.91 Å². The van der Waals surface area contributed by atoms with E-state index in [1.54, 1.807) is 12.1 Å². The highest BCUT2D eigenvalue weighted by Crippen LogP contribution is 2.38. The van der Waals surface area contributed by atoms with Crippen LogP contribution in [0.25, 0.3) is 0 Å². The van der Waals surface area contributed by atoms with Crippen LogP contribution >= 0.6 is 23.2 Å². The van der Waals surface area contributed by atoms with Crippen LogP contribution in [0.5, 0.6) is 0 Å². The second kappa shape index (κ2) is 4.87. The first kappa shape index (κ1) is 12.7. The predicted octanol–water partition coefficient (Wildman–Crippen LogP) is 3.83. The summed E-state index contributed by atoms with van der Waals surface area (Å²) in [5.74, 6) is 0.854. The molecule has 17 heavy (non-hydrogen) atoms. The molecular weight excluding hydrogens is 257 g/mol. The van der Waals surface area contributed by atoms with Gasteiger partial charge in [0, 0.05) is 5.92 Å². The summed E-state index contributed by atoms with van der Waals surface area (Å²) in [6.07, 6.45) is 1.000. The Morgan fingerprint density at radius 1 is 1.41 bits per heavy atom. The molecule has 0 spiro atoms. The van der Waals surface area contributed by atoms with E-state index in [0.29, 0.717) is 16.0 Å². The zero-order chi connectivity index (χ0) is 12.6. The van der Waals surface area contributed by atoms with E-state index in [2.05, 4.69) is 12.2 Å². The Morgan fingerprint density at radius 3 is 2.59 bits per heavy atom. The van der Waals surface area contributed by atoms with Crippen LogP contribution in [0.3, 0.4) is 0 Å². The van der Waals surface area contributed by atoms with Crippen LogP contribution in [0.2, 0.25) is 10.0 Å². The number of halogens is 2. The lowest BCUT2D eigenvalue weighted by Gasteiger charge is -2.15. The van der Waals surface area contributed by atoms with Crippen LogP contribution in [-0.4, -0.2) is 5.91 Å². The van der Waals surface area contributed by atoms with Crippen LogP contribution in [0, 0.1) is 11.8 Å². The first-order valence-corrected chi connectivity index (χ1v) is 6.50. The Kier molecular flexibility index (Phi) is 3.64. The zero-order valence-corrected chi connectivity index (χ0v) is 11.3. The molecule has 1 aromatic carbocycles. The van der Waals surface area contributed by atoms with Gasteiger partial charge in [-0.05, 0) is 37.0 Å². The van der Waals surface area contributed by atoms with Crippen molar-refractivity contribution in [2.45, 2.75) is 26.3 Å². The highest BCUT2D eigenvalue weighted by molar-refractivity contribution is 6.42. The van der Waals surface area contributed by atoms with Gasteiger partial charge in [-0.2, -0.15) is 0 Å². The third-order valence-corrected chi connectivity index (χ3v) is 3.99. The molecule has 0 saturated heterocycles. The summed E-state index contributed by atoms with van der Waals surface area (Å²) in [6.45, 7) is 4.04. The van der Waals surface area contributed by atoms with Gasteiger partial charge in [-0.15, -0.1) is 0 Å². The first-order valence-electron chi connectivity index (χ1n) is 5.74. The van der Waals surface area contributed by atoms with E-state index in [9.17, 15) is 4.79 Å². The number of hydrogen-bond acceptors (Lipinski definition) is 1. The van der Waals surface area contributed by atoms with Gasteiger partial charge in [0.25, 0.3) is 0 Å². The van der Waals surface area contributed by atoms with Crippen LogP contribution < -0.4 is 5.32 Å².